The Labute approximate surface area is 114 Å². The number of rotatable bonds is 1. The van der Waals surface area contributed by atoms with Crippen LogP contribution in [0.2, 0.25) is 10.0 Å². The van der Waals surface area contributed by atoms with Crippen molar-refractivity contribution in [3.63, 3.8) is 0 Å². The van der Waals surface area contributed by atoms with Crippen molar-refractivity contribution in [3.05, 3.63) is 45.7 Å². The summed E-state index contributed by atoms with van der Waals surface area (Å²) in [5.74, 6) is 0.153. The molecule has 0 fully saturated rings. The van der Waals surface area contributed by atoms with Crippen molar-refractivity contribution in [1.29, 1.82) is 0 Å². The topological polar surface area (TPSA) is 34.9 Å². The summed E-state index contributed by atoms with van der Waals surface area (Å²) in [7, 11) is 0. The molecule has 3 nitrogen and oxygen atoms in total. The van der Waals surface area contributed by atoms with E-state index >= 15 is 0 Å². The molecule has 1 aromatic heterocycles. The summed E-state index contributed by atoms with van der Waals surface area (Å²) in [6.07, 6.45) is 3.91. The minimum absolute atomic E-state index is 0.153. The molecular weight excluding hydrogens is 271 g/mol. The van der Waals surface area contributed by atoms with Gasteiger partial charge in [-0.25, -0.2) is 4.68 Å². The number of hydrogen-bond acceptors (Lipinski definition) is 2. The van der Waals surface area contributed by atoms with Gasteiger partial charge in [0.1, 0.15) is 0 Å². The molecule has 3 rings (SSSR count). The average molecular weight is 281 g/mol. The van der Waals surface area contributed by atoms with Crippen molar-refractivity contribution >= 4 is 29.0 Å². The Kier molecular flexibility index (Phi) is 2.88. The van der Waals surface area contributed by atoms with E-state index in [0.29, 0.717) is 22.0 Å². The van der Waals surface area contributed by atoms with Crippen LogP contribution in [-0.2, 0) is 6.42 Å². The molecular formula is C13H10Cl2N2O. The Hall–Kier alpha value is -1.32. The molecule has 1 aliphatic carbocycles. The molecule has 1 heterocycles. The van der Waals surface area contributed by atoms with Crippen LogP contribution >= 0.6 is 23.2 Å². The lowest BCUT2D eigenvalue weighted by Crippen LogP contribution is -2.12. The van der Waals surface area contributed by atoms with Crippen molar-refractivity contribution < 1.29 is 4.79 Å². The molecule has 0 bridgehead atoms. The molecule has 2 aromatic rings. The Morgan fingerprint density at radius 3 is 2.89 bits per heavy atom. The van der Waals surface area contributed by atoms with Gasteiger partial charge in [0.25, 0.3) is 0 Å². The summed E-state index contributed by atoms with van der Waals surface area (Å²) in [6.45, 7) is 0. The van der Waals surface area contributed by atoms with Crippen LogP contribution in [0.15, 0.2) is 24.4 Å². The van der Waals surface area contributed by atoms with Crippen LogP contribution in [-0.4, -0.2) is 15.6 Å². The zero-order valence-electron chi connectivity index (χ0n) is 9.49. The molecule has 5 heteroatoms. The first-order valence-corrected chi connectivity index (χ1v) is 6.48. The van der Waals surface area contributed by atoms with Crippen LogP contribution in [0.3, 0.4) is 0 Å². The van der Waals surface area contributed by atoms with Gasteiger partial charge in [0.05, 0.1) is 28.2 Å². The molecule has 0 saturated carbocycles. The average Bonchev–Trinajstić information content (AvgIpc) is 2.77. The maximum Gasteiger partial charge on any atom is 0.166 e. The van der Waals surface area contributed by atoms with Crippen LogP contribution in [0, 0.1) is 0 Å². The fourth-order valence-electron chi connectivity index (χ4n) is 2.25. The minimum Gasteiger partial charge on any atom is -0.294 e. The monoisotopic (exact) mass is 280 g/mol. The quantitative estimate of drug-likeness (QED) is 0.798. The van der Waals surface area contributed by atoms with E-state index in [2.05, 4.69) is 5.10 Å². The highest BCUT2D eigenvalue weighted by Crippen LogP contribution is 2.28. The first-order chi connectivity index (χ1) is 8.66. The third kappa shape index (κ3) is 1.84. The maximum atomic E-state index is 11.8. The summed E-state index contributed by atoms with van der Waals surface area (Å²) in [5.41, 5.74) is 2.35. The number of benzene rings is 1. The van der Waals surface area contributed by atoms with Gasteiger partial charge >= 0.3 is 0 Å². The summed E-state index contributed by atoms with van der Waals surface area (Å²) < 4.78 is 1.72. The van der Waals surface area contributed by atoms with E-state index in [0.717, 1.165) is 24.2 Å². The smallest absolute Gasteiger partial charge is 0.166 e. The molecule has 92 valence electrons. The fraction of sp³-hybridized carbons (Fsp3) is 0.231. The second kappa shape index (κ2) is 4.41. The van der Waals surface area contributed by atoms with Crippen molar-refractivity contribution in [2.45, 2.75) is 19.3 Å². The van der Waals surface area contributed by atoms with Crippen molar-refractivity contribution in [2.75, 3.05) is 0 Å². The number of hydrogen-bond donors (Lipinski definition) is 0. The number of Topliss-reactive ketones (excluding diaryl/α,β-unsaturated/α-hetero) is 1. The van der Waals surface area contributed by atoms with Gasteiger partial charge in [0.2, 0.25) is 0 Å². The molecule has 1 aromatic carbocycles. The van der Waals surface area contributed by atoms with Crippen LogP contribution in [0.4, 0.5) is 0 Å². The van der Waals surface area contributed by atoms with E-state index in [9.17, 15) is 4.79 Å². The molecule has 0 saturated heterocycles. The molecule has 0 radical (unpaired) electrons. The van der Waals surface area contributed by atoms with Gasteiger partial charge in [-0.3, -0.25) is 4.79 Å². The summed E-state index contributed by atoms with van der Waals surface area (Å²) >= 11 is 12.1. The number of fused-ring (bicyclic) bond motifs is 1. The first kappa shape index (κ1) is 11.8. The molecule has 0 atom stereocenters. The lowest BCUT2D eigenvalue weighted by molar-refractivity contribution is 0.0972. The zero-order chi connectivity index (χ0) is 12.7. The van der Waals surface area contributed by atoms with Gasteiger partial charge in [0.15, 0.2) is 5.78 Å². The third-order valence-electron chi connectivity index (χ3n) is 3.12. The third-order valence-corrected chi connectivity index (χ3v) is 3.68. The largest absolute Gasteiger partial charge is 0.294 e. The maximum absolute atomic E-state index is 11.8. The summed E-state index contributed by atoms with van der Waals surface area (Å²) in [4.78, 5) is 11.8. The Morgan fingerprint density at radius 1 is 1.22 bits per heavy atom. The van der Waals surface area contributed by atoms with Crippen molar-refractivity contribution in [1.82, 2.24) is 9.78 Å². The summed E-state index contributed by atoms with van der Waals surface area (Å²) in [5, 5.41) is 5.44. The normalized spacial score (nSPS) is 14.7. The molecule has 0 amide bonds. The van der Waals surface area contributed by atoms with E-state index in [1.165, 1.54) is 0 Å². The Bertz CT molecular complexity index is 634. The number of halogens is 2. The SMILES string of the molecule is O=C1CCCc2c1cnn2-c1cc(Cl)ccc1Cl. The highest BCUT2D eigenvalue weighted by atomic mass is 35.5. The summed E-state index contributed by atoms with van der Waals surface area (Å²) in [6, 6.07) is 5.22. The lowest BCUT2D eigenvalue weighted by Gasteiger charge is -2.14. The van der Waals surface area contributed by atoms with E-state index in [1.54, 1.807) is 29.1 Å². The number of nitrogens with zero attached hydrogens (tertiary/aromatic N) is 2. The Balaban J connectivity index is 2.18. The number of carbonyl (C=O) groups is 1. The van der Waals surface area contributed by atoms with Crippen molar-refractivity contribution in [3.8, 4) is 5.69 Å². The van der Waals surface area contributed by atoms with E-state index in [1.807, 2.05) is 0 Å². The molecule has 1 aliphatic rings. The lowest BCUT2D eigenvalue weighted by atomic mass is 9.97. The van der Waals surface area contributed by atoms with E-state index < -0.39 is 0 Å². The van der Waals surface area contributed by atoms with Gasteiger partial charge in [-0.05, 0) is 31.0 Å². The second-order valence-electron chi connectivity index (χ2n) is 4.29. The number of carbonyl (C=O) groups excluding carboxylic acids is 1. The van der Waals surface area contributed by atoms with Gasteiger partial charge in [-0.15, -0.1) is 0 Å². The predicted molar refractivity (Wildman–Crippen MR) is 70.9 cm³/mol. The van der Waals surface area contributed by atoms with Crippen molar-refractivity contribution in [2.24, 2.45) is 0 Å². The molecule has 0 spiro atoms. The molecule has 0 aliphatic heterocycles. The van der Waals surface area contributed by atoms with Gasteiger partial charge in [-0.1, -0.05) is 23.2 Å². The number of ketones is 1. The molecule has 0 N–H and O–H groups in total. The second-order valence-corrected chi connectivity index (χ2v) is 5.13. The van der Waals surface area contributed by atoms with Crippen LogP contribution in [0.1, 0.15) is 28.9 Å². The highest BCUT2D eigenvalue weighted by Gasteiger charge is 2.23. The van der Waals surface area contributed by atoms with E-state index in [4.69, 9.17) is 23.2 Å². The number of aromatic nitrogens is 2. The van der Waals surface area contributed by atoms with Gasteiger partial charge in [-0.2, -0.15) is 5.10 Å². The predicted octanol–water partition coefficient (Wildman–Crippen LogP) is 3.70. The van der Waals surface area contributed by atoms with E-state index in [-0.39, 0.29) is 5.78 Å². The van der Waals surface area contributed by atoms with Crippen LogP contribution in [0.5, 0.6) is 0 Å². The first-order valence-electron chi connectivity index (χ1n) is 5.72. The van der Waals surface area contributed by atoms with Gasteiger partial charge < -0.3 is 0 Å². The molecule has 18 heavy (non-hydrogen) atoms. The Morgan fingerprint density at radius 2 is 2.06 bits per heavy atom. The standard InChI is InChI=1S/C13H10Cl2N2O/c14-8-4-5-10(15)12(6-8)17-11-2-1-3-13(18)9(11)7-16-17/h4-7H,1-3H2. The van der Waals surface area contributed by atoms with Crippen LogP contribution in [0.25, 0.3) is 5.69 Å². The minimum atomic E-state index is 0.153. The fourth-order valence-corrected chi connectivity index (χ4v) is 2.62. The zero-order valence-corrected chi connectivity index (χ0v) is 11.0. The highest BCUT2D eigenvalue weighted by molar-refractivity contribution is 6.34. The molecule has 0 unspecified atom stereocenters. The van der Waals surface area contributed by atoms with Gasteiger partial charge in [0, 0.05) is 11.4 Å². The van der Waals surface area contributed by atoms with Crippen LogP contribution < -0.4 is 0 Å².